The summed E-state index contributed by atoms with van der Waals surface area (Å²) < 4.78 is 5.37. The van der Waals surface area contributed by atoms with Crippen LogP contribution < -0.4 is 10.1 Å². The molecular weight excluding hydrogens is 240 g/mol. The predicted molar refractivity (Wildman–Crippen MR) is 76.0 cm³/mol. The molecule has 0 aliphatic heterocycles. The molecule has 19 heavy (non-hydrogen) atoms. The average molecular weight is 264 g/mol. The Balaban J connectivity index is 2.43. The highest BCUT2D eigenvalue weighted by Gasteiger charge is 2.26. The van der Waals surface area contributed by atoms with Gasteiger partial charge in [-0.15, -0.1) is 0 Å². The second kappa shape index (κ2) is 6.04. The van der Waals surface area contributed by atoms with Gasteiger partial charge in [0.05, 0.1) is 6.20 Å². The summed E-state index contributed by atoms with van der Waals surface area (Å²) in [5.74, 6) is 0.490. The fraction of sp³-hybridized carbons (Fsp3) is 0.600. The maximum atomic E-state index is 11.9. The van der Waals surface area contributed by atoms with Gasteiger partial charge in [0.1, 0.15) is 5.75 Å². The monoisotopic (exact) mass is 264 g/mol. The zero-order valence-electron chi connectivity index (χ0n) is 12.5. The molecule has 1 N–H and O–H groups in total. The van der Waals surface area contributed by atoms with Gasteiger partial charge >= 0.3 is 0 Å². The number of pyridine rings is 1. The maximum Gasteiger partial charge on any atom is 0.258 e. The molecule has 0 aliphatic carbocycles. The summed E-state index contributed by atoms with van der Waals surface area (Å²) in [5.41, 5.74) is -0.0748. The summed E-state index contributed by atoms with van der Waals surface area (Å²) in [7, 11) is 0. The summed E-state index contributed by atoms with van der Waals surface area (Å²) in [6, 6.07) is 3.55. The van der Waals surface area contributed by atoms with Gasteiger partial charge in [-0.25, -0.2) is 0 Å². The minimum atomic E-state index is -0.242. The second-order valence-electron chi connectivity index (χ2n) is 6.65. The molecule has 1 aromatic heterocycles. The Labute approximate surface area is 115 Å². The number of carbonyl (C=O) groups excluding carboxylic acids is 1. The molecule has 0 unspecified atom stereocenters. The first-order valence-corrected chi connectivity index (χ1v) is 6.52. The van der Waals surface area contributed by atoms with Crippen molar-refractivity contribution in [1.82, 2.24) is 10.3 Å². The Kier molecular flexibility index (Phi) is 4.92. The largest absolute Gasteiger partial charge is 0.482 e. The number of rotatable bonds is 5. The minimum Gasteiger partial charge on any atom is -0.482 e. The van der Waals surface area contributed by atoms with E-state index in [1.165, 1.54) is 0 Å². The Morgan fingerprint density at radius 2 is 2.00 bits per heavy atom. The van der Waals surface area contributed by atoms with Gasteiger partial charge in [0.2, 0.25) is 0 Å². The predicted octanol–water partition coefficient (Wildman–Crippen LogP) is 2.79. The van der Waals surface area contributed by atoms with Gasteiger partial charge in [-0.05, 0) is 37.8 Å². The van der Waals surface area contributed by atoms with Crippen LogP contribution in [-0.4, -0.2) is 23.0 Å². The van der Waals surface area contributed by atoms with Gasteiger partial charge < -0.3 is 10.1 Å². The van der Waals surface area contributed by atoms with Crippen molar-refractivity contribution in [3.8, 4) is 5.75 Å². The summed E-state index contributed by atoms with van der Waals surface area (Å²) in [5, 5.41) is 3.00. The lowest BCUT2D eigenvalue weighted by molar-refractivity contribution is -0.125. The highest BCUT2D eigenvalue weighted by atomic mass is 16.5. The molecule has 1 rings (SSSR count). The lowest BCUT2D eigenvalue weighted by atomic mass is 9.82. The first-order valence-electron chi connectivity index (χ1n) is 6.52. The van der Waals surface area contributed by atoms with E-state index in [1.807, 2.05) is 13.8 Å². The minimum absolute atomic E-state index is 0.0132. The molecule has 0 aromatic carbocycles. The van der Waals surface area contributed by atoms with Crippen LogP contribution in [-0.2, 0) is 4.79 Å². The number of aromatic nitrogens is 1. The SMILES string of the molecule is CC(C)(C)CC(C)(C)NC(=O)COc1cccnc1. The molecule has 4 nitrogen and oxygen atoms in total. The number of amides is 1. The van der Waals surface area contributed by atoms with Gasteiger partial charge in [-0.2, -0.15) is 0 Å². The topological polar surface area (TPSA) is 51.2 Å². The maximum absolute atomic E-state index is 11.9. The fourth-order valence-corrected chi connectivity index (χ4v) is 2.36. The number of hydrogen-bond acceptors (Lipinski definition) is 3. The molecule has 106 valence electrons. The van der Waals surface area contributed by atoms with Crippen molar-refractivity contribution in [2.75, 3.05) is 6.61 Å². The third-order valence-electron chi connectivity index (χ3n) is 2.45. The van der Waals surface area contributed by atoms with Crippen LogP contribution in [0.1, 0.15) is 41.0 Å². The fourth-order valence-electron chi connectivity index (χ4n) is 2.36. The van der Waals surface area contributed by atoms with Crippen LogP contribution in [0.25, 0.3) is 0 Å². The van der Waals surface area contributed by atoms with E-state index in [0.717, 1.165) is 6.42 Å². The van der Waals surface area contributed by atoms with Gasteiger partial charge in [0.15, 0.2) is 6.61 Å². The highest BCUT2D eigenvalue weighted by molar-refractivity contribution is 5.78. The molecule has 1 heterocycles. The molecule has 1 amide bonds. The van der Waals surface area contributed by atoms with Gasteiger partial charge in [0, 0.05) is 11.7 Å². The van der Waals surface area contributed by atoms with Crippen molar-refractivity contribution in [3.05, 3.63) is 24.5 Å². The van der Waals surface area contributed by atoms with Gasteiger partial charge in [0.25, 0.3) is 5.91 Å². The van der Waals surface area contributed by atoms with Crippen LogP contribution in [0.2, 0.25) is 0 Å². The lowest BCUT2D eigenvalue weighted by Gasteiger charge is -2.33. The molecule has 0 saturated carbocycles. The number of nitrogens with one attached hydrogen (secondary N) is 1. The lowest BCUT2D eigenvalue weighted by Crippen LogP contribution is -2.47. The van der Waals surface area contributed by atoms with E-state index in [2.05, 4.69) is 31.1 Å². The zero-order valence-corrected chi connectivity index (χ0v) is 12.5. The van der Waals surface area contributed by atoms with Crippen LogP contribution in [0, 0.1) is 5.41 Å². The van der Waals surface area contributed by atoms with Crippen LogP contribution in [0.15, 0.2) is 24.5 Å². The Morgan fingerprint density at radius 1 is 1.32 bits per heavy atom. The van der Waals surface area contributed by atoms with Crippen LogP contribution in [0.4, 0.5) is 0 Å². The third kappa shape index (κ3) is 6.79. The van der Waals surface area contributed by atoms with E-state index < -0.39 is 0 Å². The zero-order chi connectivity index (χ0) is 14.5. The third-order valence-corrected chi connectivity index (χ3v) is 2.45. The molecule has 0 atom stereocenters. The van der Waals surface area contributed by atoms with E-state index in [-0.39, 0.29) is 23.5 Å². The van der Waals surface area contributed by atoms with E-state index in [4.69, 9.17) is 4.74 Å². The summed E-state index contributed by atoms with van der Waals surface area (Å²) >= 11 is 0. The standard InChI is InChI=1S/C15H24N2O2/c1-14(2,3)11-15(4,5)17-13(18)10-19-12-7-6-8-16-9-12/h6-9H,10-11H2,1-5H3,(H,17,18). The number of carbonyl (C=O) groups is 1. The average Bonchev–Trinajstić information content (AvgIpc) is 2.23. The number of ether oxygens (including phenoxy) is 1. The summed E-state index contributed by atoms with van der Waals surface area (Å²) in [4.78, 5) is 15.8. The van der Waals surface area contributed by atoms with Gasteiger partial charge in [-0.3, -0.25) is 9.78 Å². The van der Waals surface area contributed by atoms with Crippen molar-refractivity contribution < 1.29 is 9.53 Å². The van der Waals surface area contributed by atoms with E-state index in [0.29, 0.717) is 5.75 Å². The van der Waals surface area contributed by atoms with Gasteiger partial charge in [-0.1, -0.05) is 20.8 Å². The second-order valence-corrected chi connectivity index (χ2v) is 6.65. The molecule has 0 fully saturated rings. The number of nitrogens with zero attached hydrogens (tertiary/aromatic N) is 1. The molecule has 0 aliphatic rings. The molecule has 0 radical (unpaired) electrons. The molecule has 0 bridgehead atoms. The molecule has 1 aromatic rings. The molecule has 4 heteroatoms. The first kappa shape index (κ1) is 15.5. The Hall–Kier alpha value is -1.58. The van der Waals surface area contributed by atoms with Crippen LogP contribution in [0.3, 0.4) is 0 Å². The van der Waals surface area contributed by atoms with Crippen molar-refractivity contribution in [3.63, 3.8) is 0 Å². The molecular formula is C15H24N2O2. The van der Waals surface area contributed by atoms with Crippen LogP contribution >= 0.6 is 0 Å². The molecule has 0 saturated heterocycles. The first-order chi connectivity index (χ1) is 8.68. The number of hydrogen-bond donors (Lipinski definition) is 1. The van der Waals surface area contributed by atoms with Crippen LogP contribution in [0.5, 0.6) is 5.75 Å². The molecule has 0 spiro atoms. The van der Waals surface area contributed by atoms with E-state index >= 15 is 0 Å². The van der Waals surface area contributed by atoms with Crippen molar-refractivity contribution in [2.45, 2.75) is 46.6 Å². The highest BCUT2D eigenvalue weighted by Crippen LogP contribution is 2.26. The normalized spacial score (nSPS) is 12.1. The van der Waals surface area contributed by atoms with Crippen molar-refractivity contribution >= 4 is 5.91 Å². The summed E-state index contributed by atoms with van der Waals surface area (Å²) in [6.45, 7) is 10.5. The van der Waals surface area contributed by atoms with E-state index in [1.54, 1.807) is 24.5 Å². The van der Waals surface area contributed by atoms with Crippen molar-refractivity contribution in [2.24, 2.45) is 5.41 Å². The summed E-state index contributed by atoms with van der Waals surface area (Å²) in [6.07, 6.45) is 4.16. The van der Waals surface area contributed by atoms with E-state index in [9.17, 15) is 4.79 Å². The Morgan fingerprint density at radius 3 is 2.53 bits per heavy atom. The van der Waals surface area contributed by atoms with Crippen molar-refractivity contribution in [1.29, 1.82) is 0 Å². The smallest absolute Gasteiger partial charge is 0.258 e. The quantitative estimate of drug-likeness (QED) is 0.889. The Bertz CT molecular complexity index is 408.